The maximum Gasteiger partial charge on any atom is 0.430 e. The van der Waals surface area contributed by atoms with Gasteiger partial charge in [-0.05, 0) is 0 Å². The third-order valence-corrected chi connectivity index (χ3v) is 2.30. The Kier molecular flexibility index (Phi) is 3.50. The normalized spacial score (nSPS) is 13.4. The Bertz CT molecular complexity index is 481. The van der Waals surface area contributed by atoms with Gasteiger partial charge in [0.1, 0.15) is 0 Å². The van der Waals surface area contributed by atoms with Gasteiger partial charge in [-0.2, -0.15) is 26.3 Å². The van der Waals surface area contributed by atoms with Crippen molar-refractivity contribution < 1.29 is 36.4 Å². The molecule has 19 heavy (non-hydrogen) atoms. The predicted octanol–water partition coefficient (Wildman–Crippen LogP) is 2.91. The number of hydrogen-bond donors (Lipinski definition) is 1. The first-order valence-corrected chi connectivity index (χ1v) is 4.52. The van der Waals surface area contributed by atoms with Crippen molar-refractivity contribution in [3.8, 4) is 0 Å². The van der Waals surface area contributed by atoms with Crippen LogP contribution in [0, 0.1) is 10.1 Å². The topological polar surface area (TPSA) is 63.4 Å². The molecule has 0 aliphatic rings. The summed E-state index contributed by atoms with van der Waals surface area (Å²) in [6, 6.07) is 1.67. The average Bonchev–Trinajstić information content (AvgIpc) is 2.25. The molecule has 0 radical (unpaired) electrons. The molecule has 0 aliphatic carbocycles. The molecule has 0 aromatic heterocycles. The zero-order valence-electron chi connectivity index (χ0n) is 8.79. The number of benzene rings is 1. The number of hydrogen-bond acceptors (Lipinski definition) is 3. The Labute approximate surface area is 101 Å². The Morgan fingerprint density at radius 3 is 1.89 bits per heavy atom. The van der Waals surface area contributed by atoms with Gasteiger partial charge in [0.05, 0.1) is 4.92 Å². The van der Waals surface area contributed by atoms with E-state index in [9.17, 15) is 36.5 Å². The summed E-state index contributed by atoms with van der Waals surface area (Å²) < 4.78 is 74.9. The Hall–Kier alpha value is -1.84. The highest BCUT2D eigenvalue weighted by molar-refractivity contribution is 5.38. The van der Waals surface area contributed by atoms with Crippen LogP contribution < -0.4 is 0 Å². The van der Waals surface area contributed by atoms with E-state index >= 15 is 0 Å². The van der Waals surface area contributed by atoms with Gasteiger partial charge in [-0.3, -0.25) is 10.1 Å². The molecule has 0 saturated carbocycles. The Morgan fingerprint density at radius 2 is 1.53 bits per heavy atom. The number of nitro benzene ring substituents is 1. The molecule has 1 rings (SSSR count). The fourth-order valence-electron chi connectivity index (χ4n) is 1.33. The SMILES string of the molecule is O=[N+]([O-])c1cccc(C(O)(C(F)(F)F)C(F)(F)F)c1. The molecular formula is C9H5F6NO3. The summed E-state index contributed by atoms with van der Waals surface area (Å²) in [5, 5.41) is 19.3. The van der Waals surface area contributed by atoms with Crippen molar-refractivity contribution in [2.24, 2.45) is 0 Å². The lowest BCUT2D eigenvalue weighted by Crippen LogP contribution is -2.53. The van der Waals surface area contributed by atoms with Crippen LogP contribution in [0.4, 0.5) is 32.0 Å². The van der Waals surface area contributed by atoms with E-state index in [2.05, 4.69) is 0 Å². The second-order valence-electron chi connectivity index (χ2n) is 3.51. The molecular weight excluding hydrogens is 284 g/mol. The molecule has 0 spiro atoms. The third kappa shape index (κ3) is 2.48. The standard InChI is InChI=1S/C9H5F6NO3/c10-8(11,12)7(17,9(13,14)15)5-2-1-3-6(4-5)16(18)19/h1-4,17H. The van der Waals surface area contributed by atoms with E-state index in [0.717, 1.165) is 0 Å². The van der Waals surface area contributed by atoms with Gasteiger partial charge in [0.25, 0.3) is 11.3 Å². The maximum absolute atomic E-state index is 12.5. The van der Waals surface area contributed by atoms with Crippen LogP contribution >= 0.6 is 0 Å². The number of aliphatic hydroxyl groups is 1. The minimum absolute atomic E-state index is 0.0288. The molecule has 0 atom stereocenters. The highest BCUT2D eigenvalue weighted by Gasteiger charge is 2.71. The lowest BCUT2D eigenvalue weighted by molar-refractivity contribution is -0.387. The van der Waals surface area contributed by atoms with Gasteiger partial charge in [-0.15, -0.1) is 0 Å². The Morgan fingerprint density at radius 1 is 1.05 bits per heavy atom. The molecule has 0 fully saturated rings. The minimum Gasteiger partial charge on any atom is -0.369 e. The first-order chi connectivity index (χ1) is 8.41. The average molecular weight is 289 g/mol. The molecule has 0 bridgehead atoms. The minimum atomic E-state index is -6.07. The lowest BCUT2D eigenvalue weighted by Gasteiger charge is -2.32. The van der Waals surface area contributed by atoms with Crippen molar-refractivity contribution in [1.29, 1.82) is 0 Å². The quantitative estimate of drug-likeness (QED) is 0.517. The molecule has 1 aromatic carbocycles. The summed E-state index contributed by atoms with van der Waals surface area (Å²) in [4.78, 5) is 9.17. The van der Waals surface area contributed by atoms with Crippen molar-refractivity contribution in [2.45, 2.75) is 18.0 Å². The first-order valence-electron chi connectivity index (χ1n) is 4.52. The van der Waals surface area contributed by atoms with Crippen molar-refractivity contribution in [3.63, 3.8) is 0 Å². The highest BCUT2D eigenvalue weighted by atomic mass is 19.4. The molecule has 0 saturated heterocycles. The van der Waals surface area contributed by atoms with E-state index in [1.165, 1.54) is 0 Å². The smallest absolute Gasteiger partial charge is 0.369 e. The monoisotopic (exact) mass is 289 g/mol. The van der Waals surface area contributed by atoms with Crippen LogP contribution in [0.2, 0.25) is 0 Å². The van der Waals surface area contributed by atoms with Gasteiger partial charge in [0, 0.05) is 17.7 Å². The molecule has 4 nitrogen and oxygen atoms in total. The van der Waals surface area contributed by atoms with Gasteiger partial charge in [0.15, 0.2) is 0 Å². The second kappa shape index (κ2) is 4.37. The summed E-state index contributed by atoms with van der Waals surface area (Å²) in [7, 11) is 0. The summed E-state index contributed by atoms with van der Waals surface area (Å²) in [5.41, 5.74) is -7.82. The van der Waals surface area contributed by atoms with Gasteiger partial charge in [-0.25, -0.2) is 0 Å². The molecule has 1 N–H and O–H groups in total. The maximum atomic E-state index is 12.5. The summed E-state index contributed by atoms with van der Waals surface area (Å²) in [6.45, 7) is 0. The first kappa shape index (κ1) is 15.2. The van der Waals surface area contributed by atoms with Crippen LogP contribution in [0.25, 0.3) is 0 Å². The van der Waals surface area contributed by atoms with Crippen LogP contribution in [0.1, 0.15) is 5.56 Å². The number of halogens is 6. The van der Waals surface area contributed by atoms with Gasteiger partial charge in [-0.1, -0.05) is 12.1 Å². The molecule has 0 aliphatic heterocycles. The highest BCUT2D eigenvalue weighted by Crippen LogP contribution is 2.50. The van der Waals surface area contributed by atoms with E-state index in [1.54, 1.807) is 0 Å². The summed E-state index contributed by atoms with van der Waals surface area (Å²) >= 11 is 0. The largest absolute Gasteiger partial charge is 0.430 e. The van der Waals surface area contributed by atoms with E-state index in [1.807, 2.05) is 0 Å². The number of nitro groups is 1. The molecule has 0 unspecified atom stereocenters. The van der Waals surface area contributed by atoms with Gasteiger partial charge < -0.3 is 5.11 Å². The van der Waals surface area contributed by atoms with Crippen molar-refractivity contribution >= 4 is 5.69 Å². The van der Waals surface area contributed by atoms with E-state index < -0.39 is 34.1 Å². The zero-order chi connectivity index (χ0) is 15.1. The van der Waals surface area contributed by atoms with Crippen molar-refractivity contribution in [1.82, 2.24) is 0 Å². The molecule has 0 amide bonds. The fourth-order valence-corrected chi connectivity index (χ4v) is 1.33. The van der Waals surface area contributed by atoms with Crippen molar-refractivity contribution in [3.05, 3.63) is 39.9 Å². The molecule has 106 valence electrons. The zero-order valence-corrected chi connectivity index (χ0v) is 8.79. The van der Waals surface area contributed by atoms with Crippen LogP contribution in [-0.4, -0.2) is 22.4 Å². The number of alkyl halides is 6. The molecule has 1 aromatic rings. The number of non-ortho nitro benzene ring substituents is 1. The van der Waals surface area contributed by atoms with E-state index in [4.69, 9.17) is 5.11 Å². The van der Waals surface area contributed by atoms with Crippen molar-refractivity contribution in [2.75, 3.05) is 0 Å². The predicted molar refractivity (Wildman–Crippen MR) is 49.1 cm³/mol. The lowest BCUT2D eigenvalue weighted by atomic mass is 9.92. The fraction of sp³-hybridized carbons (Fsp3) is 0.333. The molecule has 10 heteroatoms. The van der Waals surface area contributed by atoms with Gasteiger partial charge in [0.2, 0.25) is 0 Å². The summed E-state index contributed by atoms with van der Waals surface area (Å²) in [6.07, 6.45) is -12.1. The van der Waals surface area contributed by atoms with Gasteiger partial charge >= 0.3 is 12.4 Å². The summed E-state index contributed by atoms with van der Waals surface area (Å²) in [5.74, 6) is 0. The van der Waals surface area contributed by atoms with Crippen LogP contribution in [0.15, 0.2) is 24.3 Å². The van der Waals surface area contributed by atoms with E-state index in [0.29, 0.717) is 18.2 Å². The molecule has 0 heterocycles. The van der Waals surface area contributed by atoms with Crippen LogP contribution in [0.3, 0.4) is 0 Å². The van der Waals surface area contributed by atoms with E-state index in [-0.39, 0.29) is 6.07 Å². The second-order valence-corrected chi connectivity index (χ2v) is 3.51. The van der Waals surface area contributed by atoms with Crippen LogP contribution in [0.5, 0.6) is 0 Å². The number of nitrogens with zero attached hydrogens (tertiary/aromatic N) is 1. The number of rotatable bonds is 2. The van der Waals surface area contributed by atoms with Crippen LogP contribution in [-0.2, 0) is 5.60 Å². The third-order valence-electron chi connectivity index (χ3n) is 2.30. The Balaban J connectivity index is 3.52.